The Kier molecular flexibility index (Phi) is 4.95. The summed E-state index contributed by atoms with van der Waals surface area (Å²) < 4.78 is 11.1. The maximum absolute atomic E-state index is 12.2. The molecule has 0 unspecified atom stereocenters. The Hall–Kier alpha value is -1.62. The predicted molar refractivity (Wildman–Crippen MR) is 75.9 cm³/mol. The highest BCUT2D eigenvalue weighted by Crippen LogP contribution is 2.15. The molecule has 1 aliphatic heterocycles. The fraction of sp³-hybridized carbons (Fsp3) is 0.600. The van der Waals surface area contributed by atoms with Crippen LogP contribution in [0.15, 0.2) is 18.3 Å². The van der Waals surface area contributed by atoms with E-state index in [0.29, 0.717) is 18.1 Å². The van der Waals surface area contributed by atoms with Crippen molar-refractivity contribution in [3.63, 3.8) is 0 Å². The summed E-state index contributed by atoms with van der Waals surface area (Å²) in [5, 5.41) is 2.99. The van der Waals surface area contributed by atoms with Gasteiger partial charge in [-0.2, -0.15) is 0 Å². The van der Waals surface area contributed by atoms with Crippen LogP contribution in [0.3, 0.4) is 0 Å². The lowest BCUT2D eigenvalue weighted by molar-refractivity contribution is 0.0865. The highest BCUT2D eigenvalue weighted by atomic mass is 16.5. The van der Waals surface area contributed by atoms with E-state index in [1.54, 1.807) is 18.3 Å². The molecule has 0 saturated carbocycles. The maximum Gasteiger partial charge on any atom is 0.251 e. The van der Waals surface area contributed by atoms with E-state index >= 15 is 0 Å². The molecule has 1 amide bonds. The van der Waals surface area contributed by atoms with Crippen molar-refractivity contribution >= 4 is 5.91 Å². The van der Waals surface area contributed by atoms with Gasteiger partial charge in [0.15, 0.2) is 0 Å². The highest BCUT2D eigenvalue weighted by molar-refractivity contribution is 5.94. The van der Waals surface area contributed by atoms with Gasteiger partial charge in [0.25, 0.3) is 5.91 Å². The first-order chi connectivity index (χ1) is 9.60. The van der Waals surface area contributed by atoms with Crippen LogP contribution in [-0.4, -0.2) is 35.7 Å². The lowest BCUT2D eigenvalue weighted by Gasteiger charge is -2.16. The maximum atomic E-state index is 12.2. The van der Waals surface area contributed by atoms with Gasteiger partial charge in [0.05, 0.1) is 18.2 Å². The third-order valence-electron chi connectivity index (χ3n) is 3.59. The SMILES string of the molecule is CC[C@H](C)Oc1cc(C(=O)N[C@H]2CCO[C@@H]2C)ccn1. The molecule has 0 aliphatic carbocycles. The Morgan fingerprint density at radius 2 is 2.45 bits per heavy atom. The van der Waals surface area contributed by atoms with E-state index in [2.05, 4.69) is 10.3 Å². The second kappa shape index (κ2) is 6.70. The van der Waals surface area contributed by atoms with Gasteiger partial charge in [-0.15, -0.1) is 0 Å². The number of hydrogen-bond donors (Lipinski definition) is 1. The van der Waals surface area contributed by atoms with Crippen LogP contribution in [0, 0.1) is 0 Å². The molecule has 1 aromatic rings. The van der Waals surface area contributed by atoms with E-state index in [4.69, 9.17) is 9.47 Å². The Morgan fingerprint density at radius 3 is 3.10 bits per heavy atom. The summed E-state index contributed by atoms with van der Waals surface area (Å²) in [5.41, 5.74) is 0.567. The molecular weight excluding hydrogens is 256 g/mol. The second-order valence-electron chi connectivity index (χ2n) is 5.16. The molecule has 0 bridgehead atoms. The van der Waals surface area contributed by atoms with Gasteiger partial charge in [0.1, 0.15) is 0 Å². The molecule has 1 aromatic heterocycles. The van der Waals surface area contributed by atoms with Gasteiger partial charge in [0.2, 0.25) is 5.88 Å². The number of ether oxygens (including phenoxy) is 2. The zero-order chi connectivity index (χ0) is 14.5. The van der Waals surface area contributed by atoms with Crippen molar-refractivity contribution in [1.82, 2.24) is 10.3 Å². The summed E-state index contributed by atoms with van der Waals surface area (Å²) in [7, 11) is 0. The van der Waals surface area contributed by atoms with Crippen LogP contribution >= 0.6 is 0 Å². The molecule has 0 spiro atoms. The third-order valence-corrected chi connectivity index (χ3v) is 3.59. The van der Waals surface area contributed by atoms with Crippen molar-refractivity contribution in [2.24, 2.45) is 0 Å². The minimum atomic E-state index is -0.108. The number of nitrogens with zero attached hydrogens (tertiary/aromatic N) is 1. The fourth-order valence-corrected chi connectivity index (χ4v) is 2.08. The summed E-state index contributed by atoms with van der Waals surface area (Å²) in [6.07, 6.45) is 3.51. The van der Waals surface area contributed by atoms with E-state index in [1.165, 1.54) is 0 Å². The monoisotopic (exact) mass is 278 g/mol. The Bertz CT molecular complexity index is 464. The second-order valence-corrected chi connectivity index (χ2v) is 5.16. The standard InChI is InChI=1S/C15H22N2O3/c1-4-10(2)20-14-9-12(5-7-16-14)15(18)17-13-6-8-19-11(13)3/h5,7,9-11,13H,4,6,8H2,1-3H3,(H,17,18)/t10-,11+,13-/m0/s1. The molecule has 5 heteroatoms. The molecule has 20 heavy (non-hydrogen) atoms. The summed E-state index contributed by atoms with van der Waals surface area (Å²) in [6, 6.07) is 3.45. The van der Waals surface area contributed by atoms with Crippen molar-refractivity contribution in [2.75, 3.05) is 6.61 Å². The Morgan fingerprint density at radius 1 is 1.65 bits per heavy atom. The van der Waals surface area contributed by atoms with Crippen LogP contribution in [0.2, 0.25) is 0 Å². The van der Waals surface area contributed by atoms with Gasteiger partial charge in [-0.25, -0.2) is 4.98 Å². The lowest BCUT2D eigenvalue weighted by atomic mass is 10.1. The highest BCUT2D eigenvalue weighted by Gasteiger charge is 2.26. The number of amides is 1. The van der Waals surface area contributed by atoms with Crippen LogP contribution in [0.25, 0.3) is 0 Å². The van der Waals surface area contributed by atoms with Crippen LogP contribution < -0.4 is 10.1 Å². The Balaban J connectivity index is 2.00. The Labute approximate surface area is 119 Å². The lowest BCUT2D eigenvalue weighted by Crippen LogP contribution is -2.39. The minimum Gasteiger partial charge on any atom is -0.475 e. The van der Waals surface area contributed by atoms with Crippen molar-refractivity contribution in [3.05, 3.63) is 23.9 Å². The summed E-state index contributed by atoms with van der Waals surface area (Å²) in [5.74, 6) is 0.381. The van der Waals surface area contributed by atoms with Gasteiger partial charge >= 0.3 is 0 Å². The molecule has 3 atom stereocenters. The van der Waals surface area contributed by atoms with E-state index in [9.17, 15) is 4.79 Å². The zero-order valence-electron chi connectivity index (χ0n) is 12.3. The molecule has 5 nitrogen and oxygen atoms in total. The molecule has 0 radical (unpaired) electrons. The molecule has 2 rings (SSSR count). The van der Waals surface area contributed by atoms with Gasteiger partial charge in [-0.1, -0.05) is 6.92 Å². The largest absolute Gasteiger partial charge is 0.475 e. The van der Waals surface area contributed by atoms with Crippen molar-refractivity contribution in [3.8, 4) is 5.88 Å². The van der Waals surface area contributed by atoms with Crippen LogP contribution in [-0.2, 0) is 4.74 Å². The van der Waals surface area contributed by atoms with E-state index < -0.39 is 0 Å². The predicted octanol–water partition coefficient (Wildman–Crippen LogP) is 2.17. The number of aromatic nitrogens is 1. The number of rotatable bonds is 5. The topological polar surface area (TPSA) is 60.5 Å². The molecular formula is C15H22N2O3. The smallest absolute Gasteiger partial charge is 0.251 e. The first-order valence-corrected chi connectivity index (χ1v) is 7.15. The first-order valence-electron chi connectivity index (χ1n) is 7.15. The average Bonchev–Trinajstić information content (AvgIpc) is 2.84. The third kappa shape index (κ3) is 3.70. The number of pyridine rings is 1. The van der Waals surface area contributed by atoms with Crippen LogP contribution in [0.1, 0.15) is 44.0 Å². The van der Waals surface area contributed by atoms with Crippen molar-refractivity contribution in [1.29, 1.82) is 0 Å². The summed E-state index contributed by atoms with van der Waals surface area (Å²) in [6.45, 7) is 6.70. The number of hydrogen-bond acceptors (Lipinski definition) is 4. The molecule has 110 valence electrons. The zero-order valence-corrected chi connectivity index (χ0v) is 12.3. The van der Waals surface area contributed by atoms with Crippen LogP contribution in [0.5, 0.6) is 5.88 Å². The summed E-state index contributed by atoms with van der Waals surface area (Å²) in [4.78, 5) is 16.3. The average molecular weight is 278 g/mol. The van der Waals surface area contributed by atoms with Gasteiger partial charge < -0.3 is 14.8 Å². The first kappa shape index (κ1) is 14.8. The molecule has 1 fully saturated rings. The normalized spacial score (nSPS) is 23.4. The van der Waals surface area contributed by atoms with E-state index in [0.717, 1.165) is 12.8 Å². The number of carbonyl (C=O) groups excluding carboxylic acids is 1. The van der Waals surface area contributed by atoms with E-state index in [1.807, 2.05) is 20.8 Å². The molecule has 1 aliphatic rings. The molecule has 1 N–H and O–H groups in total. The number of nitrogens with one attached hydrogen (secondary N) is 1. The van der Waals surface area contributed by atoms with Crippen molar-refractivity contribution < 1.29 is 14.3 Å². The number of carbonyl (C=O) groups is 1. The molecule has 1 saturated heterocycles. The minimum absolute atomic E-state index is 0.0663. The van der Waals surface area contributed by atoms with Gasteiger partial charge in [-0.05, 0) is 32.8 Å². The molecule has 2 heterocycles. The quantitative estimate of drug-likeness (QED) is 0.896. The van der Waals surface area contributed by atoms with Gasteiger partial charge in [-0.3, -0.25) is 4.79 Å². The van der Waals surface area contributed by atoms with Gasteiger partial charge in [0, 0.05) is 24.4 Å². The molecule has 0 aromatic carbocycles. The summed E-state index contributed by atoms with van der Waals surface area (Å²) >= 11 is 0. The van der Waals surface area contributed by atoms with Crippen LogP contribution in [0.4, 0.5) is 0 Å². The fourth-order valence-electron chi connectivity index (χ4n) is 2.08. The van der Waals surface area contributed by atoms with Crippen molar-refractivity contribution in [2.45, 2.75) is 51.9 Å². The van der Waals surface area contributed by atoms with E-state index in [-0.39, 0.29) is 24.2 Å².